The number of halogens is 2. The number of rotatable bonds is 2. The van der Waals surface area contributed by atoms with Crippen LogP contribution >= 0.6 is 23.2 Å². The molecule has 2 amide bonds. The Hall–Kier alpha value is -1.46. The van der Waals surface area contributed by atoms with Gasteiger partial charge in [0.15, 0.2) is 0 Å². The van der Waals surface area contributed by atoms with Crippen molar-refractivity contribution in [1.82, 2.24) is 4.90 Å². The Balaban J connectivity index is 2.07. The van der Waals surface area contributed by atoms with Crippen LogP contribution in [0.2, 0.25) is 10.0 Å². The summed E-state index contributed by atoms with van der Waals surface area (Å²) < 4.78 is 0. The third-order valence-corrected chi connectivity index (χ3v) is 4.29. The van der Waals surface area contributed by atoms with E-state index >= 15 is 0 Å². The molecular formula is C13H14Cl2N2O3. The summed E-state index contributed by atoms with van der Waals surface area (Å²) in [6.07, 6.45) is 0.430. The van der Waals surface area contributed by atoms with E-state index in [1.54, 1.807) is 25.1 Å². The molecule has 1 fully saturated rings. The molecule has 0 aliphatic carbocycles. The summed E-state index contributed by atoms with van der Waals surface area (Å²) in [4.78, 5) is 24.7. The van der Waals surface area contributed by atoms with Gasteiger partial charge >= 0.3 is 12.0 Å². The maximum Gasteiger partial charge on any atom is 0.321 e. The second kappa shape index (κ2) is 5.50. The zero-order chi connectivity index (χ0) is 14.9. The summed E-state index contributed by atoms with van der Waals surface area (Å²) in [6.45, 7) is 2.20. The van der Waals surface area contributed by atoms with Gasteiger partial charge in [-0.1, -0.05) is 29.3 Å². The van der Waals surface area contributed by atoms with Crippen LogP contribution in [0.15, 0.2) is 18.2 Å². The summed E-state index contributed by atoms with van der Waals surface area (Å²) in [7, 11) is 0. The van der Waals surface area contributed by atoms with E-state index in [0.29, 0.717) is 23.7 Å². The molecule has 20 heavy (non-hydrogen) atoms. The van der Waals surface area contributed by atoms with Crippen molar-refractivity contribution in [2.75, 3.05) is 18.4 Å². The number of nitrogens with one attached hydrogen (secondary N) is 1. The van der Waals surface area contributed by atoms with Crippen molar-refractivity contribution >= 4 is 40.9 Å². The predicted molar refractivity (Wildman–Crippen MR) is 77.4 cm³/mol. The molecular weight excluding hydrogens is 303 g/mol. The molecule has 2 rings (SSSR count). The highest BCUT2D eigenvalue weighted by molar-refractivity contribution is 6.43. The van der Waals surface area contributed by atoms with Crippen LogP contribution in [0.5, 0.6) is 0 Å². The van der Waals surface area contributed by atoms with Crippen molar-refractivity contribution in [2.24, 2.45) is 5.41 Å². The molecule has 0 aromatic heterocycles. The first-order valence-corrected chi connectivity index (χ1v) is 6.82. The smallest absolute Gasteiger partial charge is 0.321 e. The van der Waals surface area contributed by atoms with E-state index in [2.05, 4.69) is 5.32 Å². The normalized spacial score (nSPS) is 21.9. The molecule has 1 aliphatic heterocycles. The van der Waals surface area contributed by atoms with E-state index in [1.165, 1.54) is 4.90 Å². The molecule has 1 aromatic rings. The first-order valence-electron chi connectivity index (χ1n) is 6.07. The van der Waals surface area contributed by atoms with E-state index in [-0.39, 0.29) is 17.6 Å². The van der Waals surface area contributed by atoms with Crippen molar-refractivity contribution in [1.29, 1.82) is 0 Å². The fourth-order valence-corrected chi connectivity index (χ4v) is 2.45. The second-order valence-corrected chi connectivity index (χ2v) is 5.85. The average molecular weight is 317 g/mol. The molecule has 1 heterocycles. The lowest BCUT2D eigenvalue weighted by Crippen LogP contribution is -2.37. The molecule has 0 spiro atoms. The summed E-state index contributed by atoms with van der Waals surface area (Å²) in [5, 5.41) is 12.4. The van der Waals surface area contributed by atoms with Gasteiger partial charge in [-0.25, -0.2) is 4.79 Å². The van der Waals surface area contributed by atoms with Gasteiger partial charge in [0.1, 0.15) is 0 Å². The zero-order valence-corrected chi connectivity index (χ0v) is 12.3. The number of hydrogen-bond acceptors (Lipinski definition) is 2. The zero-order valence-electron chi connectivity index (χ0n) is 10.8. The first-order chi connectivity index (χ1) is 9.33. The largest absolute Gasteiger partial charge is 0.481 e. The minimum absolute atomic E-state index is 0.173. The Labute approximate surface area is 126 Å². The molecule has 108 valence electrons. The maximum absolute atomic E-state index is 12.1. The number of carbonyl (C=O) groups excluding carboxylic acids is 1. The highest BCUT2D eigenvalue weighted by Crippen LogP contribution is 2.32. The van der Waals surface area contributed by atoms with Crippen molar-refractivity contribution in [3.8, 4) is 0 Å². The molecule has 1 atom stereocenters. The summed E-state index contributed by atoms with van der Waals surface area (Å²) in [5.41, 5.74) is -0.483. The van der Waals surface area contributed by atoms with Gasteiger partial charge in [-0.05, 0) is 25.5 Å². The van der Waals surface area contributed by atoms with Crippen LogP contribution in [-0.2, 0) is 4.79 Å². The number of hydrogen-bond donors (Lipinski definition) is 2. The summed E-state index contributed by atoms with van der Waals surface area (Å²) in [6, 6.07) is 4.56. The molecule has 0 bridgehead atoms. The minimum atomic E-state index is -0.895. The number of carbonyl (C=O) groups is 2. The van der Waals surface area contributed by atoms with Crippen molar-refractivity contribution in [3.05, 3.63) is 28.2 Å². The van der Waals surface area contributed by atoms with Crippen LogP contribution < -0.4 is 5.32 Å². The van der Waals surface area contributed by atoms with Crippen molar-refractivity contribution in [3.63, 3.8) is 0 Å². The molecule has 2 N–H and O–H groups in total. The first kappa shape index (κ1) is 14.9. The number of carboxylic acids is 1. The number of carboxylic acid groups (broad SMARTS) is 1. The lowest BCUT2D eigenvalue weighted by molar-refractivity contribution is -0.146. The van der Waals surface area contributed by atoms with E-state index in [1.807, 2.05) is 0 Å². The highest BCUT2D eigenvalue weighted by atomic mass is 35.5. The van der Waals surface area contributed by atoms with Gasteiger partial charge in [0.2, 0.25) is 0 Å². The van der Waals surface area contributed by atoms with Gasteiger partial charge in [-0.15, -0.1) is 0 Å². The van der Waals surface area contributed by atoms with Gasteiger partial charge < -0.3 is 15.3 Å². The number of likely N-dealkylation sites (tertiary alicyclic amines) is 1. The fourth-order valence-electron chi connectivity index (χ4n) is 2.10. The highest BCUT2D eigenvalue weighted by Gasteiger charge is 2.42. The monoisotopic (exact) mass is 316 g/mol. The van der Waals surface area contributed by atoms with Crippen LogP contribution in [0.1, 0.15) is 13.3 Å². The van der Waals surface area contributed by atoms with Crippen LogP contribution in [0.25, 0.3) is 0 Å². The lowest BCUT2D eigenvalue weighted by atomic mass is 9.90. The van der Waals surface area contributed by atoms with E-state index in [4.69, 9.17) is 28.3 Å². The second-order valence-electron chi connectivity index (χ2n) is 5.07. The van der Waals surface area contributed by atoms with Crippen LogP contribution in [-0.4, -0.2) is 35.1 Å². The minimum Gasteiger partial charge on any atom is -0.481 e. The molecule has 7 heteroatoms. The van der Waals surface area contributed by atoms with Crippen molar-refractivity contribution < 1.29 is 14.7 Å². The molecule has 0 saturated carbocycles. The number of amides is 2. The lowest BCUT2D eigenvalue weighted by Gasteiger charge is -2.21. The quantitative estimate of drug-likeness (QED) is 0.879. The SMILES string of the molecule is CC1(C(=O)O)CCN(C(=O)Nc2cccc(Cl)c2Cl)C1. The van der Waals surface area contributed by atoms with Crippen molar-refractivity contribution in [2.45, 2.75) is 13.3 Å². The number of urea groups is 1. The van der Waals surface area contributed by atoms with Gasteiger partial charge in [0.05, 0.1) is 21.1 Å². The van der Waals surface area contributed by atoms with Crippen LogP contribution in [0, 0.1) is 5.41 Å². The van der Waals surface area contributed by atoms with Crippen LogP contribution in [0.4, 0.5) is 10.5 Å². The standard InChI is InChI=1S/C13H14Cl2N2O3/c1-13(11(18)19)5-6-17(7-13)12(20)16-9-4-2-3-8(14)10(9)15/h2-4H,5-7H2,1H3,(H,16,20)(H,18,19). The third kappa shape index (κ3) is 2.83. The number of benzene rings is 1. The molecule has 5 nitrogen and oxygen atoms in total. The fraction of sp³-hybridized carbons (Fsp3) is 0.385. The third-order valence-electron chi connectivity index (χ3n) is 3.47. The Bertz CT molecular complexity index is 565. The molecule has 0 radical (unpaired) electrons. The average Bonchev–Trinajstić information content (AvgIpc) is 2.79. The number of anilines is 1. The predicted octanol–water partition coefficient (Wildman–Crippen LogP) is 3.32. The Morgan fingerprint density at radius 2 is 2.10 bits per heavy atom. The van der Waals surface area contributed by atoms with Gasteiger partial charge in [0, 0.05) is 13.1 Å². The molecule has 1 aliphatic rings. The molecule has 1 aromatic carbocycles. The Morgan fingerprint density at radius 1 is 1.40 bits per heavy atom. The molecule has 1 saturated heterocycles. The number of aliphatic carboxylic acids is 1. The molecule has 1 unspecified atom stereocenters. The summed E-state index contributed by atoms with van der Waals surface area (Å²) in [5.74, 6) is -0.895. The van der Waals surface area contributed by atoms with E-state index < -0.39 is 11.4 Å². The maximum atomic E-state index is 12.1. The van der Waals surface area contributed by atoms with E-state index in [0.717, 1.165) is 0 Å². The Kier molecular flexibility index (Phi) is 4.11. The topological polar surface area (TPSA) is 69.6 Å². The van der Waals surface area contributed by atoms with Gasteiger partial charge in [0.25, 0.3) is 0 Å². The van der Waals surface area contributed by atoms with Gasteiger partial charge in [-0.3, -0.25) is 4.79 Å². The summed E-state index contributed by atoms with van der Waals surface area (Å²) >= 11 is 11.9. The van der Waals surface area contributed by atoms with Crippen LogP contribution in [0.3, 0.4) is 0 Å². The van der Waals surface area contributed by atoms with E-state index in [9.17, 15) is 9.59 Å². The Morgan fingerprint density at radius 3 is 2.70 bits per heavy atom. The van der Waals surface area contributed by atoms with Gasteiger partial charge in [-0.2, -0.15) is 0 Å². The number of nitrogens with zero attached hydrogens (tertiary/aromatic N) is 1.